The summed E-state index contributed by atoms with van der Waals surface area (Å²) in [7, 11) is 0. The fraction of sp³-hybridized carbons (Fsp3) is 0.500. The van der Waals surface area contributed by atoms with Crippen molar-refractivity contribution in [1.29, 1.82) is 0 Å². The molecule has 16 heavy (non-hydrogen) atoms. The van der Waals surface area contributed by atoms with Crippen molar-refractivity contribution in [3.05, 3.63) is 27.7 Å². The first-order valence-corrected chi connectivity index (χ1v) is 6.12. The standard InChI is InChI=1S/C12H17Cl2NO/c1-4-11(15)9-5-8(13)6-10(14)12(9)16-7(2)3/h5-7,11H,4,15H2,1-3H3. The molecule has 0 amide bonds. The van der Waals surface area contributed by atoms with Gasteiger partial charge in [0.1, 0.15) is 5.75 Å². The molecule has 0 aliphatic heterocycles. The Morgan fingerprint density at radius 3 is 2.44 bits per heavy atom. The molecule has 1 atom stereocenters. The maximum Gasteiger partial charge on any atom is 0.143 e. The van der Waals surface area contributed by atoms with Gasteiger partial charge in [-0.1, -0.05) is 30.1 Å². The number of benzene rings is 1. The Balaban J connectivity index is 3.20. The molecule has 1 rings (SSSR count). The first kappa shape index (κ1) is 13.6. The van der Waals surface area contributed by atoms with Gasteiger partial charge in [0.05, 0.1) is 11.1 Å². The molecule has 0 saturated carbocycles. The number of nitrogens with two attached hydrogens (primary N) is 1. The molecule has 2 N–H and O–H groups in total. The SMILES string of the molecule is CCC(N)c1cc(Cl)cc(Cl)c1OC(C)C. The molecule has 0 radical (unpaired) electrons. The molecule has 0 aromatic heterocycles. The number of hydrogen-bond donors (Lipinski definition) is 1. The Kier molecular flexibility index (Phi) is 4.90. The highest BCUT2D eigenvalue weighted by molar-refractivity contribution is 6.35. The highest BCUT2D eigenvalue weighted by Gasteiger charge is 2.16. The highest BCUT2D eigenvalue weighted by Crippen LogP contribution is 2.36. The molecule has 90 valence electrons. The van der Waals surface area contributed by atoms with Crippen molar-refractivity contribution < 1.29 is 4.74 Å². The van der Waals surface area contributed by atoms with Crippen molar-refractivity contribution in [3.63, 3.8) is 0 Å². The Morgan fingerprint density at radius 1 is 1.31 bits per heavy atom. The van der Waals surface area contributed by atoms with Gasteiger partial charge in [-0.2, -0.15) is 0 Å². The number of ether oxygens (including phenoxy) is 1. The maximum absolute atomic E-state index is 6.11. The number of rotatable bonds is 4. The van der Waals surface area contributed by atoms with Crippen LogP contribution in [-0.2, 0) is 0 Å². The first-order chi connectivity index (χ1) is 7.45. The van der Waals surface area contributed by atoms with E-state index in [4.69, 9.17) is 33.7 Å². The van der Waals surface area contributed by atoms with Crippen LogP contribution in [0.5, 0.6) is 5.75 Å². The van der Waals surface area contributed by atoms with E-state index < -0.39 is 0 Å². The monoisotopic (exact) mass is 261 g/mol. The predicted octanol–water partition coefficient (Wildman–Crippen LogP) is 4.19. The maximum atomic E-state index is 6.11. The topological polar surface area (TPSA) is 35.2 Å². The largest absolute Gasteiger partial charge is 0.489 e. The molecular formula is C12H17Cl2NO. The fourth-order valence-corrected chi connectivity index (χ4v) is 1.99. The van der Waals surface area contributed by atoms with Crippen molar-refractivity contribution in [3.8, 4) is 5.75 Å². The van der Waals surface area contributed by atoms with Crippen LogP contribution in [0, 0.1) is 0 Å². The van der Waals surface area contributed by atoms with Gasteiger partial charge in [0, 0.05) is 16.6 Å². The minimum absolute atomic E-state index is 0.0569. The predicted molar refractivity (Wildman–Crippen MR) is 69.4 cm³/mol. The summed E-state index contributed by atoms with van der Waals surface area (Å²) in [4.78, 5) is 0. The lowest BCUT2D eigenvalue weighted by Gasteiger charge is -2.19. The van der Waals surface area contributed by atoms with E-state index in [1.165, 1.54) is 0 Å². The Bertz CT molecular complexity index is 366. The highest BCUT2D eigenvalue weighted by atomic mass is 35.5. The molecule has 0 saturated heterocycles. The molecule has 0 heterocycles. The zero-order chi connectivity index (χ0) is 12.3. The summed E-state index contributed by atoms with van der Waals surface area (Å²) in [6.07, 6.45) is 0.868. The molecule has 0 aliphatic carbocycles. The van der Waals surface area contributed by atoms with Crippen LogP contribution in [0.1, 0.15) is 38.8 Å². The lowest BCUT2D eigenvalue weighted by atomic mass is 10.0. The first-order valence-electron chi connectivity index (χ1n) is 5.36. The lowest BCUT2D eigenvalue weighted by molar-refractivity contribution is 0.238. The molecule has 1 unspecified atom stereocenters. The van der Waals surface area contributed by atoms with Crippen LogP contribution in [0.3, 0.4) is 0 Å². The minimum Gasteiger partial charge on any atom is -0.489 e. The van der Waals surface area contributed by atoms with Crippen LogP contribution in [0.25, 0.3) is 0 Å². The molecule has 2 nitrogen and oxygen atoms in total. The number of halogens is 2. The van der Waals surface area contributed by atoms with Crippen molar-refractivity contribution in [2.45, 2.75) is 39.3 Å². The Morgan fingerprint density at radius 2 is 1.94 bits per heavy atom. The third-order valence-corrected chi connectivity index (χ3v) is 2.73. The van der Waals surface area contributed by atoms with Crippen LogP contribution >= 0.6 is 23.2 Å². The molecular weight excluding hydrogens is 245 g/mol. The minimum atomic E-state index is -0.107. The van der Waals surface area contributed by atoms with Gasteiger partial charge in [0.15, 0.2) is 0 Å². The van der Waals surface area contributed by atoms with Gasteiger partial charge < -0.3 is 10.5 Å². The van der Waals surface area contributed by atoms with E-state index in [1.807, 2.05) is 26.8 Å². The Labute approximate surface area is 107 Å². The summed E-state index contributed by atoms with van der Waals surface area (Å²) in [6.45, 7) is 5.91. The Hall–Kier alpha value is -0.440. The smallest absolute Gasteiger partial charge is 0.143 e. The molecule has 4 heteroatoms. The van der Waals surface area contributed by atoms with Gasteiger partial charge >= 0.3 is 0 Å². The van der Waals surface area contributed by atoms with E-state index in [9.17, 15) is 0 Å². The van der Waals surface area contributed by atoms with Gasteiger partial charge in [0.25, 0.3) is 0 Å². The molecule has 0 aliphatic rings. The zero-order valence-electron chi connectivity index (χ0n) is 9.76. The van der Waals surface area contributed by atoms with Gasteiger partial charge in [0.2, 0.25) is 0 Å². The van der Waals surface area contributed by atoms with Crippen molar-refractivity contribution in [2.75, 3.05) is 0 Å². The van der Waals surface area contributed by atoms with Crippen LogP contribution in [0.15, 0.2) is 12.1 Å². The van der Waals surface area contributed by atoms with Gasteiger partial charge in [-0.05, 0) is 32.4 Å². The van der Waals surface area contributed by atoms with Crippen molar-refractivity contribution >= 4 is 23.2 Å². The van der Waals surface area contributed by atoms with E-state index in [2.05, 4.69) is 0 Å². The second kappa shape index (κ2) is 5.76. The van der Waals surface area contributed by atoms with E-state index >= 15 is 0 Å². The molecule has 0 spiro atoms. The molecule has 1 aromatic rings. The third kappa shape index (κ3) is 3.27. The summed E-state index contributed by atoms with van der Waals surface area (Å²) < 4.78 is 5.68. The second-order valence-corrected chi connectivity index (χ2v) is 4.83. The van der Waals surface area contributed by atoms with Gasteiger partial charge in [-0.3, -0.25) is 0 Å². The van der Waals surface area contributed by atoms with Crippen LogP contribution in [-0.4, -0.2) is 6.10 Å². The van der Waals surface area contributed by atoms with E-state index in [0.29, 0.717) is 15.8 Å². The summed E-state index contributed by atoms with van der Waals surface area (Å²) in [5.41, 5.74) is 6.88. The van der Waals surface area contributed by atoms with Gasteiger partial charge in [-0.15, -0.1) is 0 Å². The zero-order valence-corrected chi connectivity index (χ0v) is 11.3. The summed E-state index contributed by atoms with van der Waals surface area (Å²) in [5, 5.41) is 1.10. The van der Waals surface area contributed by atoms with E-state index in [-0.39, 0.29) is 12.1 Å². The molecule has 0 fully saturated rings. The van der Waals surface area contributed by atoms with E-state index in [1.54, 1.807) is 6.07 Å². The summed E-state index contributed by atoms with van der Waals surface area (Å²) in [6, 6.07) is 3.39. The van der Waals surface area contributed by atoms with Crippen LogP contribution in [0.4, 0.5) is 0 Å². The quantitative estimate of drug-likeness (QED) is 0.882. The second-order valence-electron chi connectivity index (χ2n) is 3.99. The average Bonchev–Trinajstić information content (AvgIpc) is 2.20. The van der Waals surface area contributed by atoms with Crippen molar-refractivity contribution in [2.24, 2.45) is 5.73 Å². The molecule has 0 bridgehead atoms. The lowest BCUT2D eigenvalue weighted by Crippen LogP contribution is -2.14. The van der Waals surface area contributed by atoms with E-state index in [0.717, 1.165) is 12.0 Å². The summed E-state index contributed by atoms with van der Waals surface area (Å²) >= 11 is 12.1. The van der Waals surface area contributed by atoms with Gasteiger partial charge in [-0.25, -0.2) is 0 Å². The summed E-state index contributed by atoms with van der Waals surface area (Å²) in [5.74, 6) is 0.649. The molecule has 1 aromatic carbocycles. The fourth-order valence-electron chi connectivity index (χ4n) is 1.44. The number of hydrogen-bond acceptors (Lipinski definition) is 2. The van der Waals surface area contributed by atoms with Crippen LogP contribution < -0.4 is 10.5 Å². The third-order valence-electron chi connectivity index (χ3n) is 2.23. The van der Waals surface area contributed by atoms with Crippen molar-refractivity contribution in [1.82, 2.24) is 0 Å². The normalized spacial score (nSPS) is 12.9. The average molecular weight is 262 g/mol. The van der Waals surface area contributed by atoms with Crippen LogP contribution in [0.2, 0.25) is 10.0 Å².